The average molecular weight is 235 g/mol. The van der Waals surface area contributed by atoms with Crippen molar-refractivity contribution in [1.29, 1.82) is 0 Å². The second-order valence-electron chi connectivity index (χ2n) is 3.66. The maximum absolute atomic E-state index is 12.1. The van der Waals surface area contributed by atoms with E-state index >= 15 is 0 Å². The number of carbonyl (C=O) groups is 1. The molecule has 1 heterocycles. The van der Waals surface area contributed by atoms with Crippen molar-refractivity contribution in [1.82, 2.24) is 9.78 Å². The summed E-state index contributed by atoms with van der Waals surface area (Å²) in [7, 11) is 1.50. The summed E-state index contributed by atoms with van der Waals surface area (Å²) in [5, 5.41) is 4.10. The van der Waals surface area contributed by atoms with E-state index < -0.39 is 6.04 Å². The summed E-state index contributed by atoms with van der Waals surface area (Å²) >= 11 is 0. The molecule has 2 N–H and O–H groups in total. The van der Waals surface area contributed by atoms with Crippen molar-refractivity contribution in [3.05, 3.63) is 11.9 Å². The first-order valence-corrected chi connectivity index (χ1v) is 5.48. The van der Waals surface area contributed by atoms with Gasteiger partial charge in [-0.05, 0) is 6.42 Å². The molecular formula is C12H17N3O2. The van der Waals surface area contributed by atoms with E-state index in [-0.39, 0.29) is 12.2 Å². The van der Waals surface area contributed by atoms with Crippen LogP contribution in [0.15, 0.2) is 6.20 Å². The van der Waals surface area contributed by atoms with Gasteiger partial charge in [0.05, 0.1) is 19.3 Å². The van der Waals surface area contributed by atoms with Crippen molar-refractivity contribution in [3.8, 4) is 18.1 Å². The minimum absolute atomic E-state index is 0.208. The van der Waals surface area contributed by atoms with Gasteiger partial charge in [0.1, 0.15) is 5.69 Å². The van der Waals surface area contributed by atoms with Gasteiger partial charge in [-0.15, -0.1) is 12.3 Å². The lowest BCUT2D eigenvalue weighted by Crippen LogP contribution is -2.32. The number of hydrogen-bond donors (Lipinski definition) is 1. The van der Waals surface area contributed by atoms with Gasteiger partial charge < -0.3 is 10.5 Å². The Morgan fingerprint density at radius 2 is 2.47 bits per heavy atom. The highest BCUT2D eigenvalue weighted by Gasteiger charge is 2.23. The molecule has 0 amide bonds. The number of ether oxygens (including phenoxy) is 1. The Bertz CT molecular complexity index is 431. The van der Waals surface area contributed by atoms with Gasteiger partial charge in [-0.2, -0.15) is 5.10 Å². The summed E-state index contributed by atoms with van der Waals surface area (Å²) < 4.78 is 6.72. The van der Waals surface area contributed by atoms with Gasteiger partial charge in [-0.25, -0.2) is 0 Å². The molecular weight excluding hydrogens is 218 g/mol. The Morgan fingerprint density at radius 1 is 1.76 bits per heavy atom. The molecule has 0 bridgehead atoms. The number of aryl methyl sites for hydroxylation is 1. The second-order valence-corrected chi connectivity index (χ2v) is 3.66. The molecule has 0 radical (unpaired) electrons. The van der Waals surface area contributed by atoms with Crippen LogP contribution >= 0.6 is 0 Å². The molecule has 0 saturated heterocycles. The SMILES string of the molecule is C#CCC(N)C(=O)c1c(OC)cnn1CCC. The summed E-state index contributed by atoms with van der Waals surface area (Å²) in [5.41, 5.74) is 6.12. The number of hydrogen-bond acceptors (Lipinski definition) is 4. The second kappa shape index (κ2) is 6.06. The van der Waals surface area contributed by atoms with Gasteiger partial charge in [-0.3, -0.25) is 9.48 Å². The van der Waals surface area contributed by atoms with Gasteiger partial charge in [0.25, 0.3) is 0 Å². The van der Waals surface area contributed by atoms with Crippen LogP contribution < -0.4 is 10.5 Å². The topological polar surface area (TPSA) is 70.1 Å². The van der Waals surface area contributed by atoms with Crippen LogP contribution in [0.25, 0.3) is 0 Å². The van der Waals surface area contributed by atoms with E-state index in [2.05, 4.69) is 11.0 Å². The van der Waals surface area contributed by atoms with Gasteiger partial charge >= 0.3 is 0 Å². The quantitative estimate of drug-likeness (QED) is 0.586. The van der Waals surface area contributed by atoms with E-state index in [4.69, 9.17) is 16.9 Å². The molecule has 1 atom stereocenters. The summed E-state index contributed by atoms with van der Waals surface area (Å²) in [6, 6.07) is -0.707. The Kier molecular flexibility index (Phi) is 4.73. The molecule has 17 heavy (non-hydrogen) atoms. The Hall–Kier alpha value is -1.80. The molecule has 1 unspecified atom stereocenters. The molecule has 0 aliphatic rings. The van der Waals surface area contributed by atoms with Crippen LogP contribution in [0.3, 0.4) is 0 Å². The number of rotatable bonds is 6. The van der Waals surface area contributed by atoms with Gasteiger partial charge in [0.15, 0.2) is 5.75 Å². The van der Waals surface area contributed by atoms with E-state index in [9.17, 15) is 4.79 Å². The zero-order valence-electron chi connectivity index (χ0n) is 10.1. The van der Waals surface area contributed by atoms with Crippen molar-refractivity contribution in [2.45, 2.75) is 32.4 Å². The molecule has 1 aromatic rings. The molecule has 5 nitrogen and oxygen atoms in total. The van der Waals surface area contributed by atoms with Crippen molar-refractivity contribution >= 4 is 5.78 Å². The largest absolute Gasteiger partial charge is 0.493 e. The molecule has 0 spiro atoms. The molecule has 0 saturated carbocycles. The zero-order chi connectivity index (χ0) is 12.8. The lowest BCUT2D eigenvalue weighted by Gasteiger charge is -2.10. The number of aromatic nitrogens is 2. The first kappa shape index (κ1) is 13.3. The highest BCUT2D eigenvalue weighted by Crippen LogP contribution is 2.19. The number of nitrogens with zero attached hydrogens (tertiary/aromatic N) is 2. The first-order chi connectivity index (χ1) is 8.15. The fourth-order valence-electron chi connectivity index (χ4n) is 1.54. The van der Waals surface area contributed by atoms with Crippen LogP contribution in [-0.4, -0.2) is 28.7 Å². The van der Waals surface area contributed by atoms with Gasteiger partial charge in [0, 0.05) is 13.0 Å². The van der Waals surface area contributed by atoms with E-state index in [0.29, 0.717) is 18.0 Å². The molecule has 0 aliphatic carbocycles. The molecule has 5 heteroatoms. The van der Waals surface area contributed by atoms with Gasteiger partial charge in [-0.1, -0.05) is 6.92 Å². The van der Waals surface area contributed by atoms with Crippen LogP contribution in [0.1, 0.15) is 30.3 Å². The van der Waals surface area contributed by atoms with Crippen LogP contribution in [0.5, 0.6) is 5.75 Å². The minimum Gasteiger partial charge on any atom is -0.493 e. The summed E-state index contributed by atoms with van der Waals surface area (Å²) in [5.74, 6) is 2.59. The fourth-order valence-corrected chi connectivity index (χ4v) is 1.54. The van der Waals surface area contributed by atoms with Crippen LogP contribution in [0.2, 0.25) is 0 Å². The molecule has 92 valence electrons. The number of carbonyl (C=O) groups excluding carboxylic acids is 1. The van der Waals surface area contributed by atoms with Crippen molar-refractivity contribution in [2.75, 3.05) is 7.11 Å². The van der Waals surface area contributed by atoms with E-state index in [1.54, 1.807) is 4.68 Å². The number of Topliss-reactive ketones (excluding diaryl/α,β-unsaturated/α-hetero) is 1. The third-order valence-corrected chi connectivity index (χ3v) is 2.37. The van der Waals surface area contributed by atoms with Crippen molar-refractivity contribution in [2.24, 2.45) is 5.73 Å². The van der Waals surface area contributed by atoms with Crippen molar-refractivity contribution in [3.63, 3.8) is 0 Å². The Labute approximate surface area is 101 Å². The lowest BCUT2D eigenvalue weighted by molar-refractivity contribution is 0.0949. The number of methoxy groups -OCH3 is 1. The maximum Gasteiger partial charge on any atom is 0.202 e. The number of terminal acetylenes is 1. The molecule has 1 rings (SSSR count). The predicted molar refractivity (Wildman–Crippen MR) is 64.8 cm³/mol. The number of nitrogens with two attached hydrogens (primary N) is 1. The molecule has 0 aromatic carbocycles. The van der Waals surface area contributed by atoms with Crippen LogP contribution in [-0.2, 0) is 6.54 Å². The third kappa shape index (κ3) is 2.86. The van der Waals surface area contributed by atoms with E-state index in [0.717, 1.165) is 6.42 Å². The summed E-state index contributed by atoms with van der Waals surface area (Å²) in [6.07, 6.45) is 7.75. The van der Waals surface area contributed by atoms with E-state index in [1.807, 2.05) is 6.92 Å². The fraction of sp³-hybridized carbons (Fsp3) is 0.500. The Morgan fingerprint density at radius 3 is 3.00 bits per heavy atom. The standard InChI is InChI=1S/C12H17N3O2/c1-4-6-9(13)12(16)11-10(17-3)8-14-15(11)7-5-2/h1,8-9H,5-7,13H2,2-3H3. The minimum atomic E-state index is -0.707. The maximum atomic E-state index is 12.1. The van der Waals surface area contributed by atoms with Crippen LogP contribution in [0, 0.1) is 12.3 Å². The monoisotopic (exact) mass is 235 g/mol. The molecule has 1 aromatic heterocycles. The highest BCUT2D eigenvalue weighted by molar-refractivity contribution is 6.00. The molecule has 0 aliphatic heterocycles. The van der Waals surface area contributed by atoms with Crippen LogP contribution in [0.4, 0.5) is 0 Å². The smallest absolute Gasteiger partial charge is 0.202 e. The number of ketones is 1. The zero-order valence-corrected chi connectivity index (χ0v) is 10.1. The Balaban J connectivity index is 3.05. The predicted octanol–water partition coefficient (Wildman–Crippen LogP) is 0.835. The average Bonchev–Trinajstić information content (AvgIpc) is 2.72. The van der Waals surface area contributed by atoms with Crippen molar-refractivity contribution < 1.29 is 9.53 Å². The highest BCUT2D eigenvalue weighted by atomic mass is 16.5. The van der Waals surface area contributed by atoms with Gasteiger partial charge in [0.2, 0.25) is 5.78 Å². The third-order valence-electron chi connectivity index (χ3n) is 2.37. The summed E-state index contributed by atoms with van der Waals surface area (Å²) in [4.78, 5) is 12.1. The normalized spacial score (nSPS) is 11.9. The lowest BCUT2D eigenvalue weighted by atomic mass is 10.1. The summed E-state index contributed by atoms with van der Waals surface area (Å²) in [6.45, 7) is 2.65. The van der Waals surface area contributed by atoms with E-state index in [1.165, 1.54) is 13.3 Å². The first-order valence-electron chi connectivity index (χ1n) is 5.48. The molecule has 0 fully saturated rings.